The Bertz CT molecular complexity index is 276. The van der Waals surface area contributed by atoms with Gasteiger partial charge in [-0.1, -0.05) is 0 Å². The normalized spacial score (nSPS) is 29.1. The zero-order valence-corrected chi connectivity index (χ0v) is 8.86. The first-order chi connectivity index (χ1) is 6.25. The van der Waals surface area contributed by atoms with Crippen LogP contribution in [0.25, 0.3) is 0 Å². The predicted molar refractivity (Wildman–Crippen MR) is 55.2 cm³/mol. The molecule has 0 bridgehead atoms. The van der Waals surface area contributed by atoms with Gasteiger partial charge < -0.3 is 10.1 Å². The minimum absolute atomic E-state index is 0.359. The van der Waals surface area contributed by atoms with E-state index in [-0.39, 0.29) is 0 Å². The highest BCUT2D eigenvalue weighted by atomic mass is 32.1. The molecule has 3 heteroatoms. The average molecular weight is 197 g/mol. The largest absolute Gasteiger partial charge is 0.375 e. The lowest BCUT2D eigenvalue weighted by molar-refractivity contribution is 0.0157. The Kier molecular flexibility index (Phi) is 2.67. The summed E-state index contributed by atoms with van der Waals surface area (Å²) >= 11 is 1.85. The van der Waals surface area contributed by atoms with E-state index in [1.807, 2.05) is 11.3 Å². The number of morpholine rings is 1. The molecule has 0 radical (unpaired) electrons. The van der Waals surface area contributed by atoms with E-state index >= 15 is 0 Å². The van der Waals surface area contributed by atoms with Crippen LogP contribution in [0.5, 0.6) is 0 Å². The highest BCUT2D eigenvalue weighted by Gasteiger charge is 2.20. The summed E-state index contributed by atoms with van der Waals surface area (Å²) < 4.78 is 5.60. The van der Waals surface area contributed by atoms with E-state index in [1.54, 1.807) is 0 Å². The van der Waals surface area contributed by atoms with Crippen molar-refractivity contribution in [1.29, 1.82) is 0 Å². The third kappa shape index (κ3) is 2.10. The number of nitrogens with one attached hydrogen (secondary N) is 1. The van der Waals surface area contributed by atoms with E-state index in [4.69, 9.17) is 4.74 Å². The minimum Gasteiger partial charge on any atom is -0.375 e. The topological polar surface area (TPSA) is 21.3 Å². The van der Waals surface area contributed by atoms with Gasteiger partial charge in [0, 0.05) is 16.3 Å². The van der Waals surface area contributed by atoms with Crippen LogP contribution in [0.4, 0.5) is 0 Å². The molecule has 0 amide bonds. The second-order valence-electron chi connectivity index (χ2n) is 3.55. The Morgan fingerprint density at radius 2 is 2.38 bits per heavy atom. The van der Waals surface area contributed by atoms with Gasteiger partial charge in [0.1, 0.15) is 0 Å². The van der Waals surface area contributed by atoms with Crippen LogP contribution in [0.3, 0.4) is 0 Å². The van der Waals surface area contributed by atoms with Gasteiger partial charge in [0.25, 0.3) is 0 Å². The molecule has 0 spiro atoms. The fourth-order valence-electron chi connectivity index (χ4n) is 1.51. The third-order valence-electron chi connectivity index (χ3n) is 2.30. The van der Waals surface area contributed by atoms with Crippen molar-refractivity contribution in [3.05, 3.63) is 21.9 Å². The first-order valence-corrected chi connectivity index (χ1v) is 5.48. The van der Waals surface area contributed by atoms with Crippen LogP contribution in [0, 0.1) is 6.92 Å². The fourth-order valence-corrected chi connectivity index (χ4v) is 2.45. The molecule has 2 nitrogen and oxygen atoms in total. The van der Waals surface area contributed by atoms with Crippen molar-refractivity contribution in [2.45, 2.75) is 26.0 Å². The molecule has 1 aromatic rings. The van der Waals surface area contributed by atoms with E-state index in [1.165, 1.54) is 9.75 Å². The van der Waals surface area contributed by atoms with Gasteiger partial charge in [0.15, 0.2) is 0 Å². The molecule has 1 fully saturated rings. The van der Waals surface area contributed by atoms with Crippen LogP contribution >= 0.6 is 11.3 Å². The summed E-state index contributed by atoms with van der Waals surface area (Å²) in [5.41, 5.74) is 0. The summed E-state index contributed by atoms with van der Waals surface area (Å²) in [4.78, 5) is 2.76. The number of hydrogen-bond acceptors (Lipinski definition) is 3. The Balaban J connectivity index is 2.02. The van der Waals surface area contributed by atoms with Crippen molar-refractivity contribution in [3.63, 3.8) is 0 Å². The first-order valence-electron chi connectivity index (χ1n) is 4.67. The molecule has 2 atom stereocenters. The zero-order chi connectivity index (χ0) is 9.26. The maximum atomic E-state index is 5.60. The molecule has 1 aliphatic rings. The van der Waals surface area contributed by atoms with Crippen molar-refractivity contribution >= 4 is 11.3 Å². The molecule has 0 saturated carbocycles. The fraction of sp³-hybridized carbons (Fsp3) is 0.600. The Morgan fingerprint density at radius 3 is 2.92 bits per heavy atom. The smallest absolute Gasteiger partial charge is 0.0673 e. The van der Waals surface area contributed by atoms with Crippen LogP contribution in [0.1, 0.15) is 22.7 Å². The highest BCUT2D eigenvalue weighted by molar-refractivity contribution is 7.12. The van der Waals surface area contributed by atoms with E-state index in [2.05, 4.69) is 31.3 Å². The van der Waals surface area contributed by atoms with Gasteiger partial charge >= 0.3 is 0 Å². The maximum Gasteiger partial charge on any atom is 0.0673 e. The van der Waals surface area contributed by atoms with Gasteiger partial charge in [-0.2, -0.15) is 0 Å². The molecule has 1 saturated heterocycles. The third-order valence-corrected chi connectivity index (χ3v) is 3.42. The van der Waals surface area contributed by atoms with Gasteiger partial charge in [-0.3, -0.25) is 0 Å². The minimum atomic E-state index is 0.359. The number of aryl methyl sites for hydroxylation is 1. The van der Waals surface area contributed by atoms with Crippen LogP contribution in [-0.2, 0) is 4.74 Å². The number of ether oxygens (including phenoxy) is 1. The Labute approximate surface area is 82.9 Å². The van der Waals surface area contributed by atoms with E-state index in [0.29, 0.717) is 12.1 Å². The summed E-state index contributed by atoms with van der Waals surface area (Å²) in [6.07, 6.45) is 0.359. The lowest BCUT2D eigenvalue weighted by Gasteiger charge is -2.27. The van der Waals surface area contributed by atoms with E-state index < -0.39 is 0 Å². The quantitative estimate of drug-likeness (QED) is 0.744. The summed E-state index contributed by atoms with van der Waals surface area (Å²) in [7, 11) is 0. The van der Waals surface area contributed by atoms with Crippen molar-refractivity contribution < 1.29 is 4.74 Å². The molecule has 2 rings (SSSR count). The molecule has 1 aromatic heterocycles. The van der Waals surface area contributed by atoms with Gasteiger partial charge in [0.05, 0.1) is 18.8 Å². The van der Waals surface area contributed by atoms with Crippen LogP contribution in [0.15, 0.2) is 12.1 Å². The summed E-state index contributed by atoms with van der Waals surface area (Å²) in [5, 5.41) is 3.48. The van der Waals surface area contributed by atoms with Gasteiger partial charge in [-0.05, 0) is 26.0 Å². The maximum absolute atomic E-state index is 5.60. The molecule has 1 aliphatic heterocycles. The molecular weight excluding hydrogens is 182 g/mol. The number of hydrogen-bond donors (Lipinski definition) is 1. The molecule has 13 heavy (non-hydrogen) atoms. The van der Waals surface area contributed by atoms with Gasteiger partial charge in [-0.25, -0.2) is 0 Å². The molecule has 72 valence electrons. The van der Waals surface area contributed by atoms with Gasteiger partial charge in [-0.15, -0.1) is 11.3 Å². The molecular formula is C10H15NOS. The second-order valence-corrected chi connectivity index (χ2v) is 4.87. The van der Waals surface area contributed by atoms with Crippen LogP contribution in [-0.4, -0.2) is 19.3 Å². The van der Waals surface area contributed by atoms with Gasteiger partial charge in [0.2, 0.25) is 0 Å². The van der Waals surface area contributed by atoms with E-state index in [0.717, 1.165) is 13.2 Å². The first kappa shape index (κ1) is 9.19. The van der Waals surface area contributed by atoms with Crippen molar-refractivity contribution in [1.82, 2.24) is 5.32 Å². The standard InChI is InChI=1S/C10H15NOS/c1-7-5-11-9(6-12-7)10-4-3-8(2)13-10/h3-4,7,9,11H,5-6H2,1-2H3. The average Bonchev–Trinajstić information content (AvgIpc) is 2.53. The molecule has 2 unspecified atom stereocenters. The predicted octanol–water partition coefficient (Wildman–Crippen LogP) is 2.11. The second kappa shape index (κ2) is 3.78. The number of rotatable bonds is 1. The molecule has 0 aromatic carbocycles. The molecule has 1 N–H and O–H groups in total. The lowest BCUT2D eigenvalue weighted by Crippen LogP contribution is -2.39. The summed E-state index contributed by atoms with van der Waals surface area (Å²) in [6, 6.07) is 4.77. The van der Waals surface area contributed by atoms with Crippen molar-refractivity contribution in [2.75, 3.05) is 13.2 Å². The summed E-state index contributed by atoms with van der Waals surface area (Å²) in [6.45, 7) is 6.01. The highest BCUT2D eigenvalue weighted by Crippen LogP contribution is 2.24. The monoisotopic (exact) mass is 197 g/mol. The molecule has 0 aliphatic carbocycles. The number of thiophene rings is 1. The zero-order valence-electron chi connectivity index (χ0n) is 8.04. The Hall–Kier alpha value is -0.380. The van der Waals surface area contributed by atoms with Crippen molar-refractivity contribution in [2.24, 2.45) is 0 Å². The summed E-state index contributed by atoms with van der Waals surface area (Å²) in [5.74, 6) is 0. The van der Waals surface area contributed by atoms with Crippen LogP contribution < -0.4 is 5.32 Å². The SMILES string of the molecule is Cc1ccc(C2COC(C)CN2)s1. The van der Waals surface area contributed by atoms with E-state index in [9.17, 15) is 0 Å². The van der Waals surface area contributed by atoms with Crippen molar-refractivity contribution in [3.8, 4) is 0 Å². The van der Waals surface area contributed by atoms with Crippen LogP contribution in [0.2, 0.25) is 0 Å². The lowest BCUT2D eigenvalue weighted by atomic mass is 10.2. The Morgan fingerprint density at radius 1 is 1.54 bits per heavy atom. The molecule has 2 heterocycles.